The SMILES string of the molecule is CC(C)NC(=O)c1ccc(Cl)c(NC(=O)c2ccc(Oc3cccc(Br)c3)nc2)c1. The molecule has 0 aliphatic rings. The van der Waals surface area contributed by atoms with E-state index in [0.717, 1.165) is 4.47 Å². The van der Waals surface area contributed by atoms with Crippen molar-refractivity contribution in [3.63, 3.8) is 0 Å². The third-order valence-corrected chi connectivity index (χ3v) is 4.74. The van der Waals surface area contributed by atoms with Gasteiger partial charge in [0.1, 0.15) is 5.75 Å². The van der Waals surface area contributed by atoms with Gasteiger partial charge in [0.05, 0.1) is 16.3 Å². The van der Waals surface area contributed by atoms with E-state index >= 15 is 0 Å². The molecule has 2 N–H and O–H groups in total. The molecule has 1 aromatic heterocycles. The third kappa shape index (κ3) is 5.81. The number of aromatic nitrogens is 1. The first-order valence-corrected chi connectivity index (χ1v) is 10.3. The number of pyridine rings is 1. The Morgan fingerprint density at radius 3 is 2.47 bits per heavy atom. The Morgan fingerprint density at radius 2 is 1.80 bits per heavy atom. The van der Waals surface area contributed by atoms with E-state index < -0.39 is 5.91 Å². The molecular formula is C22H19BrClN3O3. The van der Waals surface area contributed by atoms with E-state index in [0.29, 0.717) is 33.5 Å². The van der Waals surface area contributed by atoms with Crippen molar-refractivity contribution in [3.05, 3.63) is 81.4 Å². The summed E-state index contributed by atoms with van der Waals surface area (Å²) in [7, 11) is 0. The number of rotatable bonds is 6. The quantitative estimate of drug-likeness (QED) is 0.468. The van der Waals surface area contributed by atoms with E-state index in [1.807, 2.05) is 32.0 Å². The summed E-state index contributed by atoms with van der Waals surface area (Å²) in [5.41, 5.74) is 1.07. The molecule has 0 radical (unpaired) electrons. The molecule has 0 saturated carbocycles. The molecule has 0 atom stereocenters. The molecule has 0 saturated heterocycles. The first-order chi connectivity index (χ1) is 14.3. The van der Waals surface area contributed by atoms with Crippen LogP contribution in [-0.2, 0) is 0 Å². The van der Waals surface area contributed by atoms with E-state index in [2.05, 4.69) is 31.5 Å². The molecule has 2 amide bonds. The van der Waals surface area contributed by atoms with Crippen LogP contribution in [0, 0.1) is 0 Å². The summed E-state index contributed by atoms with van der Waals surface area (Å²) in [6, 6.07) is 15.3. The first-order valence-electron chi connectivity index (χ1n) is 9.13. The van der Waals surface area contributed by atoms with Gasteiger partial charge in [0.15, 0.2) is 0 Å². The molecule has 3 aromatic rings. The minimum Gasteiger partial charge on any atom is -0.439 e. The van der Waals surface area contributed by atoms with Crippen LogP contribution in [0.1, 0.15) is 34.6 Å². The number of hydrogen-bond acceptors (Lipinski definition) is 4. The highest BCUT2D eigenvalue weighted by Gasteiger charge is 2.13. The van der Waals surface area contributed by atoms with Crippen LogP contribution >= 0.6 is 27.5 Å². The van der Waals surface area contributed by atoms with E-state index in [9.17, 15) is 9.59 Å². The second kappa shape index (κ2) is 9.73. The molecule has 3 rings (SSSR count). The second-order valence-corrected chi connectivity index (χ2v) is 8.04. The number of ether oxygens (including phenoxy) is 1. The first kappa shape index (κ1) is 21.8. The van der Waals surface area contributed by atoms with Crippen molar-refractivity contribution in [2.45, 2.75) is 19.9 Å². The molecule has 0 fully saturated rings. The topological polar surface area (TPSA) is 80.3 Å². The third-order valence-electron chi connectivity index (χ3n) is 3.91. The molecule has 0 bridgehead atoms. The Morgan fingerprint density at radius 1 is 1.03 bits per heavy atom. The Kier molecular flexibility index (Phi) is 7.07. The lowest BCUT2D eigenvalue weighted by Crippen LogP contribution is -2.30. The maximum Gasteiger partial charge on any atom is 0.257 e. The van der Waals surface area contributed by atoms with Gasteiger partial charge in [0.2, 0.25) is 5.88 Å². The van der Waals surface area contributed by atoms with Crippen LogP contribution in [0.25, 0.3) is 0 Å². The standard InChI is InChI=1S/C22H19BrClN3O3/c1-13(2)26-21(28)14-6-8-18(24)19(10-14)27-22(29)15-7-9-20(25-12-15)30-17-5-3-4-16(23)11-17/h3-13H,1-2H3,(H,26,28)(H,27,29). The van der Waals surface area contributed by atoms with Crippen LogP contribution in [0.4, 0.5) is 5.69 Å². The van der Waals surface area contributed by atoms with E-state index in [4.69, 9.17) is 16.3 Å². The van der Waals surface area contributed by atoms with Gasteiger partial charge in [-0.3, -0.25) is 9.59 Å². The van der Waals surface area contributed by atoms with E-state index in [1.165, 1.54) is 12.3 Å². The van der Waals surface area contributed by atoms with Crippen molar-refractivity contribution >= 4 is 45.0 Å². The summed E-state index contributed by atoms with van der Waals surface area (Å²) < 4.78 is 6.55. The van der Waals surface area contributed by atoms with E-state index in [-0.39, 0.29) is 11.9 Å². The van der Waals surface area contributed by atoms with Gasteiger partial charge in [0.25, 0.3) is 11.8 Å². The molecule has 0 aliphatic carbocycles. The van der Waals surface area contributed by atoms with Crippen LogP contribution in [0.15, 0.2) is 65.3 Å². The summed E-state index contributed by atoms with van der Waals surface area (Å²) in [5, 5.41) is 5.84. The Labute approximate surface area is 187 Å². The van der Waals surface area contributed by atoms with Crippen molar-refractivity contribution in [2.75, 3.05) is 5.32 Å². The number of nitrogens with one attached hydrogen (secondary N) is 2. The van der Waals surface area contributed by atoms with Gasteiger partial charge in [0, 0.05) is 28.3 Å². The van der Waals surface area contributed by atoms with Gasteiger partial charge < -0.3 is 15.4 Å². The molecular weight excluding hydrogens is 470 g/mol. The normalized spacial score (nSPS) is 10.6. The number of hydrogen-bond donors (Lipinski definition) is 2. The molecule has 0 unspecified atom stereocenters. The van der Waals surface area contributed by atoms with Crippen LogP contribution < -0.4 is 15.4 Å². The van der Waals surface area contributed by atoms with Crippen molar-refractivity contribution in [2.24, 2.45) is 0 Å². The molecule has 8 heteroatoms. The molecule has 0 spiro atoms. The lowest BCUT2D eigenvalue weighted by molar-refractivity contribution is 0.0941. The number of halogens is 2. The zero-order chi connectivity index (χ0) is 21.7. The van der Waals surface area contributed by atoms with Gasteiger partial charge in [-0.25, -0.2) is 4.98 Å². The summed E-state index contributed by atoms with van der Waals surface area (Å²) in [5.74, 6) is 0.333. The average Bonchev–Trinajstić information content (AvgIpc) is 2.69. The summed E-state index contributed by atoms with van der Waals surface area (Å²) in [6.45, 7) is 3.74. The second-order valence-electron chi connectivity index (χ2n) is 6.72. The average molecular weight is 489 g/mol. The van der Waals surface area contributed by atoms with Crippen LogP contribution in [-0.4, -0.2) is 22.8 Å². The van der Waals surface area contributed by atoms with Crippen LogP contribution in [0.5, 0.6) is 11.6 Å². The lowest BCUT2D eigenvalue weighted by Gasteiger charge is -2.12. The maximum atomic E-state index is 12.6. The van der Waals surface area contributed by atoms with E-state index in [1.54, 1.807) is 30.3 Å². The van der Waals surface area contributed by atoms with Gasteiger partial charge in [-0.2, -0.15) is 0 Å². The zero-order valence-corrected chi connectivity index (χ0v) is 18.6. The fraction of sp³-hybridized carbons (Fsp3) is 0.136. The fourth-order valence-corrected chi connectivity index (χ4v) is 3.07. The molecule has 30 heavy (non-hydrogen) atoms. The minimum atomic E-state index is -0.403. The van der Waals surface area contributed by atoms with Gasteiger partial charge in [-0.1, -0.05) is 33.6 Å². The van der Waals surface area contributed by atoms with Crippen LogP contribution in [0.3, 0.4) is 0 Å². The predicted octanol–water partition coefficient (Wildman–Crippen LogP) is 5.68. The van der Waals surface area contributed by atoms with Crippen molar-refractivity contribution in [3.8, 4) is 11.6 Å². The van der Waals surface area contributed by atoms with Crippen molar-refractivity contribution < 1.29 is 14.3 Å². The number of amides is 2. The Hall–Kier alpha value is -2.90. The lowest BCUT2D eigenvalue weighted by atomic mass is 10.1. The molecule has 6 nitrogen and oxygen atoms in total. The molecule has 0 aliphatic heterocycles. The highest BCUT2D eigenvalue weighted by molar-refractivity contribution is 9.10. The summed E-state index contributed by atoms with van der Waals surface area (Å²) >= 11 is 9.56. The van der Waals surface area contributed by atoms with Crippen molar-refractivity contribution in [1.29, 1.82) is 0 Å². The van der Waals surface area contributed by atoms with Gasteiger partial charge >= 0.3 is 0 Å². The summed E-state index contributed by atoms with van der Waals surface area (Å²) in [4.78, 5) is 28.9. The number of carbonyl (C=O) groups excluding carboxylic acids is 2. The number of nitrogens with zero attached hydrogens (tertiary/aromatic N) is 1. The number of anilines is 1. The zero-order valence-electron chi connectivity index (χ0n) is 16.3. The minimum absolute atomic E-state index is 0.00461. The smallest absolute Gasteiger partial charge is 0.257 e. The largest absolute Gasteiger partial charge is 0.439 e. The predicted molar refractivity (Wildman–Crippen MR) is 120 cm³/mol. The Balaban J connectivity index is 1.70. The monoisotopic (exact) mass is 487 g/mol. The highest BCUT2D eigenvalue weighted by Crippen LogP contribution is 2.25. The van der Waals surface area contributed by atoms with Gasteiger partial charge in [-0.15, -0.1) is 0 Å². The number of benzene rings is 2. The molecule has 2 aromatic carbocycles. The molecule has 1 heterocycles. The molecule has 154 valence electrons. The Bertz CT molecular complexity index is 1070. The number of carbonyl (C=O) groups is 2. The van der Waals surface area contributed by atoms with Gasteiger partial charge in [-0.05, 0) is 56.3 Å². The fourth-order valence-electron chi connectivity index (χ4n) is 2.53. The maximum absolute atomic E-state index is 12.6. The van der Waals surface area contributed by atoms with Crippen LogP contribution in [0.2, 0.25) is 5.02 Å². The highest BCUT2D eigenvalue weighted by atomic mass is 79.9. The summed E-state index contributed by atoms with van der Waals surface area (Å²) in [6.07, 6.45) is 1.41. The van der Waals surface area contributed by atoms with Crippen molar-refractivity contribution in [1.82, 2.24) is 10.3 Å².